The molecule has 2 rings (SSSR count). The van der Waals surface area contributed by atoms with Crippen molar-refractivity contribution in [3.8, 4) is 0 Å². The molecule has 0 bridgehead atoms. The monoisotopic (exact) mass is 285 g/mol. The van der Waals surface area contributed by atoms with E-state index in [1.807, 2.05) is 4.90 Å². The molecule has 0 atom stereocenters. The summed E-state index contributed by atoms with van der Waals surface area (Å²) in [6, 6.07) is 3.58. The van der Waals surface area contributed by atoms with Gasteiger partial charge in [0.2, 0.25) is 0 Å². The van der Waals surface area contributed by atoms with E-state index >= 15 is 0 Å². The first-order valence-corrected chi connectivity index (χ1v) is 7.45. The number of anilines is 2. The molecule has 0 radical (unpaired) electrons. The summed E-state index contributed by atoms with van der Waals surface area (Å²) in [5, 5.41) is 0. The Morgan fingerprint density at radius 2 is 1.89 bits per heavy atom. The van der Waals surface area contributed by atoms with Gasteiger partial charge in [-0.05, 0) is 12.1 Å². The molecule has 0 saturated carbocycles. The third kappa shape index (κ3) is 2.80. The summed E-state index contributed by atoms with van der Waals surface area (Å²) in [6.45, 7) is 2.07. The SMILES string of the molecule is CN(C)S(=O)(=O)N1CCN(c2ncccc2N)CC1. The molecule has 1 aliphatic rings. The molecule has 8 heteroatoms. The van der Waals surface area contributed by atoms with Gasteiger partial charge in [-0.2, -0.15) is 17.0 Å². The van der Waals surface area contributed by atoms with Gasteiger partial charge in [-0.15, -0.1) is 0 Å². The van der Waals surface area contributed by atoms with E-state index in [0.717, 1.165) is 5.82 Å². The highest BCUT2D eigenvalue weighted by Crippen LogP contribution is 2.21. The average molecular weight is 285 g/mol. The Balaban J connectivity index is 2.06. The summed E-state index contributed by atoms with van der Waals surface area (Å²) in [6.07, 6.45) is 1.69. The van der Waals surface area contributed by atoms with Gasteiger partial charge in [0.25, 0.3) is 10.2 Å². The first-order chi connectivity index (χ1) is 8.93. The number of hydrogen-bond donors (Lipinski definition) is 1. The molecular weight excluding hydrogens is 266 g/mol. The second-order valence-corrected chi connectivity index (χ2v) is 6.73. The predicted octanol–water partition coefficient (Wildman–Crippen LogP) is -0.408. The normalized spacial score (nSPS) is 17.9. The molecule has 0 aliphatic carbocycles. The summed E-state index contributed by atoms with van der Waals surface area (Å²) in [5.74, 6) is 0.726. The topological polar surface area (TPSA) is 82.8 Å². The van der Waals surface area contributed by atoms with Gasteiger partial charge in [0.15, 0.2) is 5.82 Å². The second-order valence-electron chi connectivity index (χ2n) is 4.59. The van der Waals surface area contributed by atoms with E-state index in [9.17, 15) is 8.42 Å². The molecule has 19 heavy (non-hydrogen) atoms. The van der Waals surface area contributed by atoms with E-state index in [4.69, 9.17) is 5.73 Å². The minimum absolute atomic E-state index is 0.441. The van der Waals surface area contributed by atoms with Crippen LogP contribution in [0.15, 0.2) is 18.3 Å². The van der Waals surface area contributed by atoms with Gasteiger partial charge in [-0.1, -0.05) is 0 Å². The van der Waals surface area contributed by atoms with Crippen LogP contribution in [0.3, 0.4) is 0 Å². The average Bonchev–Trinajstić information content (AvgIpc) is 2.39. The Hall–Kier alpha value is -1.38. The van der Waals surface area contributed by atoms with E-state index in [-0.39, 0.29) is 0 Å². The number of aromatic nitrogens is 1. The van der Waals surface area contributed by atoms with Gasteiger partial charge < -0.3 is 10.6 Å². The van der Waals surface area contributed by atoms with Crippen LogP contribution in [0.2, 0.25) is 0 Å². The number of nitrogens with two attached hydrogens (primary N) is 1. The van der Waals surface area contributed by atoms with E-state index in [1.165, 1.54) is 8.61 Å². The predicted molar refractivity (Wildman–Crippen MR) is 75.0 cm³/mol. The van der Waals surface area contributed by atoms with Crippen LogP contribution in [0, 0.1) is 0 Å². The molecule has 2 heterocycles. The molecule has 0 spiro atoms. The fourth-order valence-electron chi connectivity index (χ4n) is 2.04. The summed E-state index contributed by atoms with van der Waals surface area (Å²) >= 11 is 0. The molecule has 1 aromatic heterocycles. The fraction of sp³-hybridized carbons (Fsp3) is 0.545. The zero-order valence-electron chi connectivity index (χ0n) is 11.2. The van der Waals surface area contributed by atoms with Crippen molar-refractivity contribution in [2.24, 2.45) is 0 Å². The molecule has 0 unspecified atom stereocenters. The van der Waals surface area contributed by atoms with Gasteiger partial charge in [0.05, 0.1) is 5.69 Å². The third-order valence-corrected chi connectivity index (χ3v) is 5.08. The van der Waals surface area contributed by atoms with E-state index in [2.05, 4.69) is 4.98 Å². The van der Waals surface area contributed by atoms with Crippen molar-refractivity contribution in [2.75, 3.05) is 50.9 Å². The van der Waals surface area contributed by atoms with Crippen molar-refractivity contribution in [3.63, 3.8) is 0 Å². The quantitative estimate of drug-likeness (QED) is 0.816. The van der Waals surface area contributed by atoms with E-state index in [1.54, 1.807) is 32.4 Å². The van der Waals surface area contributed by atoms with Gasteiger partial charge in [0.1, 0.15) is 0 Å². The van der Waals surface area contributed by atoms with Crippen molar-refractivity contribution in [3.05, 3.63) is 18.3 Å². The van der Waals surface area contributed by atoms with Crippen LogP contribution in [-0.2, 0) is 10.2 Å². The highest BCUT2D eigenvalue weighted by Gasteiger charge is 2.29. The molecule has 1 aliphatic heterocycles. The summed E-state index contributed by atoms with van der Waals surface area (Å²) in [4.78, 5) is 6.26. The zero-order chi connectivity index (χ0) is 14.0. The first-order valence-electron chi connectivity index (χ1n) is 6.06. The second kappa shape index (κ2) is 5.32. The number of piperazine rings is 1. The Morgan fingerprint density at radius 1 is 1.26 bits per heavy atom. The molecule has 1 fully saturated rings. The van der Waals surface area contributed by atoms with Crippen molar-refractivity contribution in [1.29, 1.82) is 0 Å². The lowest BCUT2D eigenvalue weighted by atomic mass is 10.3. The van der Waals surface area contributed by atoms with Crippen molar-refractivity contribution in [2.45, 2.75) is 0 Å². The van der Waals surface area contributed by atoms with E-state index < -0.39 is 10.2 Å². The Kier molecular flexibility index (Phi) is 3.93. The maximum Gasteiger partial charge on any atom is 0.281 e. The largest absolute Gasteiger partial charge is 0.396 e. The Morgan fingerprint density at radius 3 is 2.42 bits per heavy atom. The Labute approximate surface area is 113 Å². The van der Waals surface area contributed by atoms with Crippen molar-refractivity contribution in [1.82, 2.24) is 13.6 Å². The summed E-state index contributed by atoms with van der Waals surface area (Å²) in [5.41, 5.74) is 6.49. The molecule has 0 amide bonds. The number of hydrogen-bond acceptors (Lipinski definition) is 5. The summed E-state index contributed by atoms with van der Waals surface area (Å²) < 4.78 is 26.7. The van der Waals surface area contributed by atoms with Crippen LogP contribution in [-0.4, -0.2) is 62.3 Å². The van der Waals surface area contributed by atoms with Crippen LogP contribution in [0.1, 0.15) is 0 Å². The zero-order valence-corrected chi connectivity index (χ0v) is 12.0. The molecule has 1 saturated heterocycles. The maximum atomic E-state index is 12.0. The van der Waals surface area contributed by atoms with Gasteiger partial charge in [-0.3, -0.25) is 0 Å². The van der Waals surface area contributed by atoms with Gasteiger partial charge in [-0.25, -0.2) is 4.98 Å². The number of rotatable bonds is 3. The fourth-order valence-corrected chi connectivity index (χ4v) is 3.12. The Bertz CT molecular complexity index is 538. The van der Waals surface area contributed by atoms with Gasteiger partial charge in [0, 0.05) is 46.5 Å². The lowest BCUT2D eigenvalue weighted by Crippen LogP contribution is -2.52. The number of nitrogens with zero attached hydrogens (tertiary/aromatic N) is 4. The van der Waals surface area contributed by atoms with Crippen LogP contribution in [0.5, 0.6) is 0 Å². The number of nitrogen functional groups attached to an aromatic ring is 1. The van der Waals surface area contributed by atoms with Gasteiger partial charge >= 0.3 is 0 Å². The third-order valence-electron chi connectivity index (χ3n) is 3.14. The van der Waals surface area contributed by atoms with Crippen molar-refractivity contribution < 1.29 is 8.42 Å². The molecule has 106 valence electrons. The lowest BCUT2D eigenvalue weighted by Gasteiger charge is -2.36. The minimum Gasteiger partial charge on any atom is -0.396 e. The minimum atomic E-state index is -3.33. The summed E-state index contributed by atoms with van der Waals surface area (Å²) in [7, 11) is -0.247. The molecule has 0 aromatic carbocycles. The van der Waals surface area contributed by atoms with E-state index in [0.29, 0.717) is 31.9 Å². The van der Waals surface area contributed by atoms with Crippen molar-refractivity contribution >= 4 is 21.7 Å². The number of pyridine rings is 1. The van der Waals surface area contributed by atoms with Crippen LogP contribution >= 0.6 is 0 Å². The van der Waals surface area contributed by atoms with Crippen LogP contribution in [0.25, 0.3) is 0 Å². The highest BCUT2D eigenvalue weighted by atomic mass is 32.2. The highest BCUT2D eigenvalue weighted by molar-refractivity contribution is 7.86. The first kappa shape index (κ1) is 14.0. The smallest absolute Gasteiger partial charge is 0.281 e. The van der Waals surface area contributed by atoms with Crippen LogP contribution < -0.4 is 10.6 Å². The standard InChI is InChI=1S/C11H19N5O2S/c1-14(2)19(17,18)16-8-6-15(7-9-16)11-10(12)4-3-5-13-11/h3-5H,6-9,12H2,1-2H3. The molecule has 2 N–H and O–H groups in total. The lowest BCUT2D eigenvalue weighted by molar-refractivity contribution is 0.355. The maximum absolute atomic E-state index is 12.0. The van der Waals surface area contributed by atoms with Crippen LogP contribution in [0.4, 0.5) is 11.5 Å². The molecule has 1 aromatic rings. The molecular formula is C11H19N5O2S. The molecule has 7 nitrogen and oxygen atoms in total.